The smallest absolute Gasteiger partial charge is 0.339 e. The fraction of sp³-hybridized carbons (Fsp3) is 0.0882. The van der Waals surface area contributed by atoms with Crippen molar-refractivity contribution in [2.24, 2.45) is 30.7 Å². The third kappa shape index (κ3) is 9.93. The molecule has 0 aliphatic carbocycles. The summed E-state index contributed by atoms with van der Waals surface area (Å²) >= 11 is 0. The fourth-order valence-corrected chi connectivity index (χ4v) is 5.15. The molecule has 5 rings (SSSR count). The number of hydrogen-bond donors (Lipinski definition) is 5. The predicted octanol–water partition coefficient (Wildman–Crippen LogP) is 8.58. The second-order valence-corrected chi connectivity index (χ2v) is 12.4. The fourth-order valence-electron chi connectivity index (χ4n) is 4.67. The third-order valence-electron chi connectivity index (χ3n) is 7.44. The van der Waals surface area contributed by atoms with Gasteiger partial charge in [-0.1, -0.05) is 12.1 Å². The molecule has 0 heterocycles. The van der Waals surface area contributed by atoms with Crippen molar-refractivity contribution in [3.8, 4) is 16.9 Å². The molecule has 0 aromatic heterocycles. The van der Waals surface area contributed by atoms with E-state index in [1.807, 2.05) is 50.2 Å². The van der Waals surface area contributed by atoms with Crippen molar-refractivity contribution in [3.63, 3.8) is 0 Å². The van der Waals surface area contributed by atoms with E-state index in [0.29, 0.717) is 34.0 Å². The van der Waals surface area contributed by atoms with Crippen molar-refractivity contribution in [1.29, 1.82) is 0 Å². The first kappa shape index (κ1) is 41.1. The molecule has 0 fully saturated rings. The number of anilines is 2. The molecule has 250 valence electrons. The first-order valence-electron chi connectivity index (χ1n) is 14.5. The van der Waals surface area contributed by atoms with Crippen molar-refractivity contribution >= 4 is 121 Å². The molecule has 7 N–H and O–H groups in total. The van der Waals surface area contributed by atoms with Crippen LogP contribution in [0.2, 0.25) is 0 Å². The van der Waals surface area contributed by atoms with Gasteiger partial charge in [-0.15, -0.1) is 10.2 Å². The number of hydrogen-bond acceptors (Lipinski definition) is 12. The maximum atomic E-state index is 11.3. The number of carbonyl (C=O) groups is 1. The zero-order valence-electron chi connectivity index (χ0n) is 28.4. The molecule has 51 heavy (non-hydrogen) atoms. The number of aromatic hydroxyl groups is 1. The van der Waals surface area contributed by atoms with Gasteiger partial charge < -0.3 is 21.7 Å². The summed E-state index contributed by atoms with van der Waals surface area (Å²) < 4.78 is 31.7. The Balaban J connectivity index is 0.00000351. The topological polar surface area (TPSA) is 238 Å². The van der Waals surface area contributed by atoms with Crippen LogP contribution in [0.1, 0.15) is 27.0 Å². The summed E-state index contributed by atoms with van der Waals surface area (Å²) in [5.74, 6) is -1.61. The Morgan fingerprint density at radius 1 is 0.608 bits per heavy atom. The number of aryl methyl sites for hydroxylation is 3. The van der Waals surface area contributed by atoms with Crippen LogP contribution >= 0.6 is 0 Å². The van der Waals surface area contributed by atoms with E-state index in [1.54, 1.807) is 13.0 Å². The maximum Gasteiger partial charge on any atom is 0.339 e. The van der Waals surface area contributed by atoms with Gasteiger partial charge in [-0.05, 0) is 121 Å². The molecular formula is C34H30N8Na2O6S. The number of azo groups is 3. The van der Waals surface area contributed by atoms with E-state index in [9.17, 15) is 23.4 Å². The molecule has 2 radical (unpaired) electrons. The number of benzene rings is 5. The molecule has 14 nitrogen and oxygen atoms in total. The van der Waals surface area contributed by atoms with Gasteiger partial charge in [0, 0.05) is 59.1 Å². The van der Waals surface area contributed by atoms with Crippen LogP contribution in [0.5, 0.6) is 5.75 Å². The normalized spacial score (nSPS) is 11.5. The molecule has 5 aromatic rings. The Kier molecular flexibility index (Phi) is 13.9. The van der Waals surface area contributed by atoms with Gasteiger partial charge in [0.05, 0.1) is 39.0 Å². The van der Waals surface area contributed by atoms with Crippen LogP contribution in [0, 0.1) is 20.8 Å². The van der Waals surface area contributed by atoms with E-state index < -0.39 is 16.1 Å². The molecule has 0 aliphatic heterocycles. The predicted molar refractivity (Wildman–Crippen MR) is 197 cm³/mol. The first-order chi connectivity index (χ1) is 23.2. The van der Waals surface area contributed by atoms with Gasteiger partial charge in [0.1, 0.15) is 22.7 Å². The van der Waals surface area contributed by atoms with Crippen molar-refractivity contribution in [1.82, 2.24) is 0 Å². The van der Waals surface area contributed by atoms with E-state index in [0.717, 1.165) is 22.3 Å². The molecule has 5 aromatic carbocycles. The van der Waals surface area contributed by atoms with Gasteiger partial charge in [-0.3, -0.25) is 4.55 Å². The number of carboxylic acids is 1. The quantitative estimate of drug-likeness (QED) is 0.0426. The summed E-state index contributed by atoms with van der Waals surface area (Å²) in [4.78, 5) is 11.0. The molecule has 0 amide bonds. The van der Waals surface area contributed by atoms with Gasteiger partial charge in [0.15, 0.2) is 0 Å². The summed E-state index contributed by atoms with van der Waals surface area (Å²) in [5, 5.41) is 44.4. The van der Waals surface area contributed by atoms with Crippen LogP contribution in [0.25, 0.3) is 11.1 Å². The number of nitrogens with two attached hydrogens (primary N) is 2. The average Bonchev–Trinajstić information content (AvgIpc) is 3.06. The van der Waals surface area contributed by atoms with Crippen LogP contribution in [-0.4, -0.2) is 88.3 Å². The Morgan fingerprint density at radius 3 is 1.65 bits per heavy atom. The molecule has 0 atom stereocenters. The number of nitrogen functional groups attached to an aromatic ring is 2. The average molecular weight is 725 g/mol. The minimum atomic E-state index is -4.33. The van der Waals surface area contributed by atoms with E-state index in [4.69, 9.17) is 16.0 Å². The molecular weight excluding hydrogens is 694 g/mol. The van der Waals surface area contributed by atoms with Crippen molar-refractivity contribution in [2.75, 3.05) is 11.5 Å². The summed E-state index contributed by atoms with van der Waals surface area (Å²) in [5.41, 5.74) is 19.4. The Bertz CT molecular complexity index is 2320. The largest absolute Gasteiger partial charge is 0.507 e. The van der Waals surface area contributed by atoms with Gasteiger partial charge in [0.25, 0.3) is 10.1 Å². The van der Waals surface area contributed by atoms with Gasteiger partial charge in [-0.2, -0.15) is 28.9 Å². The Morgan fingerprint density at radius 2 is 1.12 bits per heavy atom. The Labute approximate surface area is 337 Å². The number of phenols is 1. The monoisotopic (exact) mass is 724 g/mol. The minimum absolute atomic E-state index is 0. The molecule has 0 aliphatic rings. The second-order valence-electron chi connectivity index (χ2n) is 11.0. The number of rotatable bonds is 9. The van der Waals surface area contributed by atoms with E-state index in [-0.39, 0.29) is 92.4 Å². The SMILES string of the molecule is Cc1cc(-c2ccc(N=Nc3c(N)c(C)cc(N=Nc4ccc(S(=O)(=O)O)cc4)c3N)c(C)c2)ccc1N=Nc1ccc(O)c(C(=O)O)c1.[Na].[Na]. The van der Waals surface area contributed by atoms with E-state index in [2.05, 4.69) is 30.7 Å². The van der Waals surface area contributed by atoms with Crippen LogP contribution in [0.3, 0.4) is 0 Å². The summed E-state index contributed by atoms with van der Waals surface area (Å²) in [6.45, 7) is 5.55. The molecule has 17 heteroatoms. The second kappa shape index (κ2) is 17.3. The summed E-state index contributed by atoms with van der Waals surface area (Å²) in [7, 11) is -4.33. The molecule has 0 saturated heterocycles. The summed E-state index contributed by atoms with van der Waals surface area (Å²) in [6, 6.07) is 22.2. The molecule has 0 spiro atoms. The number of carboxylic acid groups (broad SMARTS) is 1. The van der Waals surface area contributed by atoms with Crippen LogP contribution < -0.4 is 11.5 Å². The summed E-state index contributed by atoms with van der Waals surface area (Å²) in [6.07, 6.45) is 0. The zero-order chi connectivity index (χ0) is 35.5. The van der Waals surface area contributed by atoms with Crippen molar-refractivity contribution in [2.45, 2.75) is 25.7 Å². The van der Waals surface area contributed by atoms with Crippen LogP contribution in [-0.2, 0) is 10.1 Å². The van der Waals surface area contributed by atoms with Crippen LogP contribution in [0.4, 0.5) is 45.5 Å². The molecule has 0 saturated carbocycles. The van der Waals surface area contributed by atoms with Gasteiger partial charge >= 0.3 is 5.97 Å². The minimum Gasteiger partial charge on any atom is -0.507 e. The zero-order valence-corrected chi connectivity index (χ0v) is 33.2. The molecule has 0 unspecified atom stereocenters. The van der Waals surface area contributed by atoms with E-state index in [1.165, 1.54) is 42.5 Å². The van der Waals surface area contributed by atoms with Crippen molar-refractivity contribution < 1.29 is 28.0 Å². The van der Waals surface area contributed by atoms with Gasteiger partial charge in [-0.25, -0.2) is 4.79 Å². The van der Waals surface area contributed by atoms with Gasteiger partial charge in [0.2, 0.25) is 0 Å². The number of nitrogens with zero attached hydrogens (tertiary/aromatic N) is 6. The Hall–Kier alpha value is -4.32. The van der Waals surface area contributed by atoms with Crippen molar-refractivity contribution in [3.05, 3.63) is 107 Å². The number of aromatic carboxylic acids is 1. The van der Waals surface area contributed by atoms with E-state index >= 15 is 0 Å². The first-order valence-corrected chi connectivity index (χ1v) is 15.9. The third-order valence-corrected chi connectivity index (χ3v) is 8.31. The standard InChI is InChI=1S/C34H30N8O6S.2Na/c1-18-14-21(4-11-27(18)39-38-24-8-13-30(43)26(17-24)34(44)45)22-5-12-28(19(2)15-22)40-42-33-31(35)20(3)16-29(32(33)36)41-37-23-6-9-25(10-7-23)49(46,47)48;;/h4-17,43H,35-36H2,1-3H3,(H,44,45)(H,46,47,48);;. The molecule has 0 bridgehead atoms. The maximum absolute atomic E-state index is 11.3. The van der Waals surface area contributed by atoms with Crippen LogP contribution in [0.15, 0.2) is 121 Å².